The predicted octanol–water partition coefficient (Wildman–Crippen LogP) is 2.98. The van der Waals surface area contributed by atoms with Crippen molar-refractivity contribution in [1.29, 1.82) is 0 Å². The number of rotatable bonds is 5. The number of likely N-dealkylation sites (N-methyl/N-ethyl adjacent to an activating group) is 1. The maximum atomic E-state index is 11.5. The number of pyridine rings is 1. The highest BCUT2D eigenvalue weighted by Crippen LogP contribution is 2.45. The highest BCUT2D eigenvalue weighted by molar-refractivity contribution is 7.89. The van der Waals surface area contributed by atoms with Crippen molar-refractivity contribution in [1.82, 2.24) is 24.4 Å². The Hall–Kier alpha value is -3.25. The van der Waals surface area contributed by atoms with E-state index in [1.54, 1.807) is 6.07 Å². The Morgan fingerprint density at radius 3 is 2.54 bits per heavy atom. The molecule has 1 saturated carbocycles. The number of anilines is 3. The van der Waals surface area contributed by atoms with E-state index in [1.807, 2.05) is 11.2 Å². The van der Waals surface area contributed by atoms with Crippen LogP contribution in [0.15, 0.2) is 40.7 Å². The summed E-state index contributed by atoms with van der Waals surface area (Å²) in [7, 11) is -1.74. The Morgan fingerprint density at radius 1 is 1.14 bits per heavy atom. The van der Waals surface area contributed by atoms with Gasteiger partial charge in [-0.05, 0) is 44.9 Å². The van der Waals surface area contributed by atoms with E-state index >= 15 is 0 Å². The molecule has 186 valence electrons. The number of nitrogens with zero attached hydrogens (tertiary/aromatic N) is 7. The Kier molecular flexibility index (Phi) is 5.88. The lowest BCUT2D eigenvalue weighted by atomic mass is 9.79. The zero-order chi connectivity index (χ0) is 24.8. The van der Waals surface area contributed by atoms with Crippen LogP contribution in [-0.4, -0.2) is 58.8 Å². The minimum Gasteiger partial charge on any atom is -0.360 e. The van der Waals surface area contributed by atoms with Gasteiger partial charge in [-0.25, -0.2) is 28.5 Å². The van der Waals surface area contributed by atoms with E-state index in [9.17, 15) is 8.42 Å². The molecule has 1 spiro atoms. The molecule has 12 heteroatoms. The molecular weight excluding hydrogens is 466 g/mol. The van der Waals surface area contributed by atoms with Crippen LogP contribution in [0.1, 0.15) is 46.0 Å². The Labute approximate surface area is 205 Å². The van der Waals surface area contributed by atoms with Gasteiger partial charge in [-0.1, -0.05) is 19.3 Å². The second-order valence-corrected chi connectivity index (χ2v) is 10.6. The van der Waals surface area contributed by atoms with Crippen molar-refractivity contribution in [2.75, 3.05) is 30.5 Å². The van der Waals surface area contributed by atoms with Crippen LogP contribution in [0.2, 0.25) is 0 Å². The van der Waals surface area contributed by atoms with Crippen molar-refractivity contribution in [2.24, 2.45) is 10.2 Å². The van der Waals surface area contributed by atoms with E-state index in [2.05, 4.69) is 51.7 Å². The topological polar surface area (TPSA) is 135 Å². The summed E-state index contributed by atoms with van der Waals surface area (Å²) in [6.45, 7) is 5.87. The Bertz CT molecular complexity index is 1380. The first-order chi connectivity index (χ1) is 16.8. The summed E-state index contributed by atoms with van der Waals surface area (Å²) >= 11 is 0. The van der Waals surface area contributed by atoms with Crippen LogP contribution in [0.25, 0.3) is 11.0 Å². The molecule has 11 nitrogen and oxygen atoms in total. The molecule has 5 rings (SSSR count). The predicted molar refractivity (Wildman–Crippen MR) is 136 cm³/mol. The van der Waals surface area contributed by atoms with E-state index < -0.39 is 10.0 Å². The van der Waals surface area contributed by atoms with E-state index in [0.717, 1.165) is 61.5 Å². The molecule has 1 fully saturated rings. The van der Waals surface area contributed by atoms with Gasteiger partial charge in [0.1, 0.15) is 17.0 Å². The highest BCUT2D eigenvalue weighted by atomic mass is 32.2. The molecule has 0 bridgehead atoms. The molecule has 1 aliphatic heterocycles. The fourth-order valence-corrected chi connectivity index (χ4v) is 5.61. The van der Waals surface area contributed by atoms with Gasteiger partial charge in [-0.2, -0.15) is 10.1 Å². The summed E-state index contributed by atoms with van der Waals surface area (Å²) in [5.41, 5.74) is 1.16. The minimum atomic E-state index is -3.86. The summed E-state index contributed by atoms with van der Waals surface area (Å²) < 4.78 is 25.4. The second-order valence-electron chi connectivity index (χ2n) is 9.11. The zero-order valence-electron chi connectivity index (χ0n) is 20.3. The van der Waals surface area contributed by atoms with Gasteiger partial charge in [0.25, 0.3) is 10.0 Å². The molecule has 0 saturated heterocycles. The van der Waals surface area contributed by atoms with Gasteiger partial charge in [-0.3, -0.25) is 4.57 Å². The summed E-state index contributed by atoms with van der Waals surface area (Å²) in [5, 5.41) is 16.2. The molecule has 0 atom stereocenters. The SMILES string of the molecule is CCN(C)C1=NN(CC)c2cc3cnc(Nc4ccc(S(N)(=O)=O)nc4)nc3n2C12CCCCC2. The molecule has 2 aliphatic rings. The zero-order valence-corrected chi connectivity index (χ0v) is 21.1. The number of nitrogens with two attached hydrogens (primary N) is 1. The van der Waals surface area contributed by atoms with Crippen molar-refractivity contribution in [3.8, 4) is 0 Å². The van der Waals surface area contributed by atoms with E-state index in [1.165, 1.54) is 18.7 Å². The molecule has 0 amide bonds. The molecular formula is C23H31N9O2S. The van der Waals surface area contributed by atoms with Crippen molar-refractivity contribution >= 4 is 44.3 Å². The Morgan fingerprint density at radius 2 is 1.91 bits per heavy atom. The average Bonchev–Trinajstić information content (AvgIpc) is 3.24. The smallest absolute Gasteiger partial charge is 0.255 e. The second kappa shape index (κ2) is 8.76. The third-order valence-electron chi connectivity index (χ3n) is 6.95. The number of hydrazone groups is 1. The lowest BCUT2D eigenvalue weighted by Crippen LogP contribution is -2.54. The fraction of sp³-hybridized carbons (Fsp3) is 0.478. The highest BCUT2D eigenvalue weighted by Gasteiger charge is 2.46. The Balaban J connectivity index is 1.61. The number of fused-ring (bicyclic) bond motifs is 4. The van der Waals surface area contributed by atoms with Crippen LogP contribution in [0.3, 0.4) is 0 Å². The molecule has 0 radical (unpaired) electrons. The first kappa shape index (κ1) is 23.5. The van der Waals surface area contributed by atoms with Gasteiger partial charge in [0.05, 0.1) is 11.9 Å². The van der Waals surface area contributed by atoms with Gasteiger partial charge in [0, 0.05) is 31.7 Å². The molecule has 3 aromatic rings. The number of aromatic nitrogens is 4. The lowest BCUT2D eigenvalue weighted by molar-refractivity contribution is 0.254. The summed E-state index contributed by atoms with van der Waals surface area (Å²) in [6.07, 6.45) is 8.74. The number of nitrogens with one attached hydrogen (secondary N) is 1. The third kappa shape index (κ3) is 4.00. The van der Waals surface area contributed by atoms with E-state index in [-0.39, 0.29) is 10.6 Å². The van der Waals surface area contributed by atoms with Crippen LogP contribution in [0, 0.1) is 0 Å². The molecule has 3 aromatic heterocycles. The van der Waals surface area contributed by atoms with Crippen molar-refractivity contribution in [2.45, 2.75) is 56.5 Å². The molecule has 4 heterocycles. The number of primary sulfonamides is 1. The number of hydrogen-bond donors (Lipinski definition) is 2. The lowest BCUT2D eigenvalue weighted by Gasteiger charge is -2.47. The van der Waals surface area contributed by atoms with Gasteiger partial charge >= 0.3 is 0 Å². The van der Waals surface area contributed by atoms with Crippen LogP contribution in [-0.2, 0) is 15.6 Å². The third-order valence-corrected chi connectivity index (χ3v) is 7.77. The van der Waals surface area contributed by atoms with Crippen LogP contribution in [0.5, 0.6) is 0 Å². The van der Waals surface area contributed by atoms with E-state index in [4.69, 9.17) is 15.2 Å². The quantitative estimate of drug-likeness (QED) is 0.549. The average molecular weight is 498 g/mol. The van der Waals surface area contributed by atoms with Crippen molar-refractivity contribution in [3.63, 3.8) is 0 Å². The largest absolute Gasteiger partial charge is 0.360 e. The minimum absolute atomic E-state index is 0.189. The molecule has 0 aromatic carbocycles. The van der Waals surface area contributed by atoms with Crippen LogP contribution in [0.4, 0.5) is 17.5 Å². The fourth-order valence-electron chi connectivity index (χ4n) is 5.16. The van der Waals surface area contributed by atoms with Gasteiger partial charge < -0.3 is 10.2 Å². The first-order valence-electron chi connectivity index (χ1n) is 12.0. The maximum absolute atomic E-state index is 11.5. The maximum Gasteiger partial charge on any atom is 0.255 e. The molecule has 0 unspecified atom stereocenters. The standard InChI is InChI=1S/C23H31N9O2S/c1-4-30(3)21-23(11-7-6-8-12-23)32-19(31(5-2)29-21)13-16-14-26-22(28-20(16)32)27-17-9-10-18(25-15-17)35(24,33)34/h9-10,13-15H,4-8,11-12H2,1-3H3,(H2,24,33,34)(H,26,27,28). The monoisotopic (exact) mass is 497 g/mol. The molecule has 35 heavy (non-hydrogen) atoms. The van der Waals surface area contributed by atoms with Crippen molar-refractivity contribution < 1.29 is 8.42 Å². The van der Waals surface area contributed by atoms with Crippen LogP contribution < -0.4 is 15.5 Å². The van der Waals surface area contributed by atoms with Crippen molar-refractivity contribution in [3.05, 3.63) is 30.6 Å². The van der Waals surface area contributed by atoms with Gasteiger partial charge in [0.15, 0.2) is 10.9 Å². The van der Waals surface area contributed by atoms with E-state index in [0.29, 0.717) is 11.6 Å². The molecule has 3 N–H and O–H groups in total. The number of hydrogen-bond acceptors (Lipinski definition) is 9. The number of amidine groups is 1. The normalized spacial score (nSPS) is 17.4. The first-order valence-corrected chi connectivity index (χ1v) is 13.5. The van der Waals surface area contributed by atoms with Gasteiger partial charge in [0.2, 0.25) is 5.95 Å². The molecule has 1 aliphatic carbocycles. The van der Waals surface area contributed by atoms with Gasteiger partial charge in [-0.15, -0.1) is 0 Å². The summed E-state index contributed by atoms with van der Waals surface area (Å²) in [6, 6.07) is 5.07. The summed E-state index contributed by atoms with van der Waals surface area (Å²) in [5.74, 6) is 2.52. The van der Waals surface area contributed by atoms with Crippen LogP contribution >= 0.6 is 0 Å². The summed E-state index contributed by atoms with van der Waals surface area (Å²) in [4.78, 5) is 15.6. The number of sulfonamides is 1.